The first-order valence-corrected chi connectivity index (χ1v) is 6.17. The van der Waals surface area contributed by atoms with Crippen LogP contribution in [0.3, 0.4) is 0 Å². The van der Waals surface area contributed by atoms with E-state index in [4.69, 9.17) is 4.74 Å². The molecule has 0 unspecified atom stereocenters. The lowest BCUT2D eigenvalue weighted by atomic mass is 10.0. The van der Waals surface area contributed by atoms with Gasteiger partial charge in [-0.05, 0) is 38.5 Å². The third-order valence-corrected chi connectivity index (χ3v) is 3.11. The first kappa shape index (κ1) is 13.4. The summed E-state index contributed by atoms with van der Waals surface area (Å²) in [6, 6.07) is 5.60. The van der Waals surface area contributed by atoms with Gasteiger partial charge in [-0.15, -0.1) is 0 Å². The van der Waals surface area contributed by atoms with Crippen LogP contribution in [0.25, 0.3) is 0 Å². The largest absolute Gasteiger partial charge is 0.476 e. The van der Waals surface area contributed by atoms with Crippen molar-refractivity contribution in [3.63, 3.8) is 0 Å². The van der Waals surface area contributed by atoms with Gasteiger partial charge in [-0.1, -0.05) is 6.07 Å². The van der Waals surface area contributed by atoms with Gasteiger partial charge in [-0.2, -0.15) is 0 Å². The Kier molecular flexibility index (Phi) is 3.22. The van der Waals surface area contributed by atoms with Crippen molar-refractivity contribution in [2.24, 2.45) is 0 Å². The molecule has 1 aliphatic heterocycles. The Morgan fingerprint density at radius 1 is 1.42 bits per heavy atom. The predicted molar refractivity (Wildman–Crippen MR) is 72.3 cm³/mol. The number of nitrogens with one attached hydrogen (secondary N) is 1. The third-order valence-electron chi connectivity index (χ3n) is 3.11. The highest BCUT2D eigenvalue weighted by Gasteiger charge is 2.41. The Morgan fingerprint density at radius 3 is 2.74 bits per heavy atom. The van der Waals surface area contributed by atoms with Crippen molar-refractivity contribution in [2.45, 2.75) is 26.4 Å². The molecule has 1 heterocycles. The Hall–Kier alpha value is -2.04. The molecule has 1 N–H and O–H groups in total. The van der Waals surface area contributed by atoms with E-state index in [-0.39, 0.29) is 18.4 Å². The molecule has 0 saturated carbocycles. The molecule has 0 bridgehead atoms. The smallest absolute Gasteiger partial charge is 0.271 e. The van der Waals surface area contributed by atoms with Crippen molar-refractivity contribution >= 4 is 17.5 Å². The molecule has 2 rings (SSSR count). The zero-order chi connectivity index (χ0) is 14.2. The van der Waals surface area contributed by atoms with Crippen LogP contribution in [0.15, 0.2) is 18.2 Å². The fourth-order valence-electron chi connectivity index (χ4n) is 2.06. The molecule has 5 heteroatoms. The van der Waals surface area contributed by atoms with Gasteiger partial charge in [0.15, 0.2) is 5.60 Å². The standard InChI is InChI=1S/C14H18N2O3/c1-9-5-6-11-10(7-9)16(8-12(17)15-4)13(18)14(2,3)19-11/h5-7H,8H2,1-4H3,(H,15,17). The average Bonchev–Trinajstić information content (AvgIpc) is 2.35. The molecule has 0 spiro atoms. The maximum absolute atomic E-state index is 12.4. The molecular formula is C14H18N2O3. The number of anilines is 1. The number of rotatable bonds is 2. The van der Waals surface area contributed by atoms with E-state index in [1.807, 2.05) is 25.1 Å². The second-order valence-electron chi connectivity index (χ2n) is 5.15. The first-order valence-electron chi connectivity index (χ1n) is 6.17. The van der Waals surface area contributed by atoms with Gasteiger partial charge in [0.25, 0.3) is 5.91 Å². The highest BCUT2D eigenvalue weighted by atomic mass is 16.5. The zero-order valence-corrected chi connectivity index (χ0v) is 11.6. The maximum atomic E-state index is 12.4. The average molecular weight is 262 g/mol. The lowest BCUT2D eigenvalue weighted by Crippen LogP contribution is -2.54. The summed E-state index contributed by atoms with van der Waals surface area (Å²) in [6.45, 7) is 5.34. The van der Waals surface area contributed by atoms with Crippen LogP contribution in [0.1, 0.15) is 19.4 Å². The minimum Gasteiger partial charge on any atom is -0.476 e. The van der Waals surface area contributed by atoms with Crippen LogP contribution in [-0.4, -0.2) is 31.0 Å². The molecule has 2 amide bonds. The number of carbonyl (C=O) groups is 2. The monoisotopic (exact) mass is 262 g/mol. The molecular weight excluding hydrogens is 244 g/mol. The zero-order valence-electron chi connectivity index (χ0n) is 11.6. The minimum atomic E-state index is -0.962. The molecule has 1 aromatic rings. The summed E-state index contributed by atoms with van der Waals surface area (Å²) in [5.74, 6) is 0.201. The van der Waals surface area contributed by atoms with Crippen LogP contribution < -0.4 is 15.0 Å². The topological polar surface area (TPSA) is 58.6 Å². The third kappa shape index (κ3) is 2.41. The van der Waals surface area contributed by atoms with Gasteiger partial charge in [0.2, 0.25) is 5.91 Å². The summed E-state index contributed by atoms with van der Waals surface area (Å²) >= 11 is 0. The van der Waals surface area contributed by atoms with Gasteiger partial charge in [0.05, 0.1) is 5.69 Å². The summed E-state index contributed by atoms with van der Waals surface area (Å²) in [5, 5.41) is 2.53. The number of nitrogens with zero attached hydrogens (tertiary/aromatic N) is 1. The maximum Gasteiger partial charge on any atom is 0.271 e. The van der Waals surface area contributed by atoms with Crippen molar-refractivity contribution in [2.75, 3.05) is 18.5 Å². The fraction of sp³-hybridized carbons (Fsp3) is 0.429. The molecule has 0 atom stereocenters. The quantitative estimate of drug-likeness (QED) is 0.872. The summed E-state index contributed by atoms with van der Waals surface area (Å²) in [5.41, 5.74) is 0.695. The van der Waals surface area contributed by atoms with E-state index in [9.17, 15) is 9.59 Å². The van der Waals surface area contributed by atoms with Crippen molar-refractivity contribution in [1.29, 1.82) is 0 Å². The highest BCUT2D eigenvalue weighted by molar-refractivity contribution is 6.05. The van der Waals surface area contributed by atoms with Crippen molar-refractivity contribution in [3.8, 4) is 5.75 Å². The molecule has 0 radical (unpaired) electrons. The van der Waals surface area contributed by atoms with Crippen LogP contribution in [0.4, 0.5) is 5.69 Å². The lowest BCUT2D eigenvalue weighted by molar-refractivity contribution is -0.134. The van der Waals surface area contributed by atoms with E-state index in [2.05, 4.69) is 5.32 Å². The van der Waals surface area contributed by atoms with Gasteiger partial charge in [-0.25, -0.2) is 0 Å². The number of hydrogen-bond donors (Lipinski definition) is 1. The number of amides is 2. The molecule has 19 heavy (non-hydrogen) atoms. The normalized spacial score (nSPS) is 16.6. The van der Waals surface area contributed by atoms with Gasteiger partial charge in [0, 0.05) is 7.05 Å². The van der Waals surface area contributed by atoms with Crippen LogP contribution in [-0.2, 0) is 9.59 Å². The van der Waals surface area contributed by atoms with Gasteiger partial charge in [-0.3, -0.25) is 14.5 Å². The first-order chi connectivity index (χ1) is 8.85. The van der Waals surface area contributed by atoms with Gasteiger partial charge < -0.3 is 10.1 Å². The Balaban J connectivity index is 2.47. The number of aryl methyl sites for hydroxylation is 1. The second kappa shape index (κ2) is 4.57. The summed E-state index contributed by atoms with van der Waals surface area (Å²) in [4.78, 5) is 25.5. The SMILES string of the molecule is CNC(=O)CN1C(=O)C(C)(C)Oc2ccc(C)cc21. The number of fused-ring (bicyclic) bond motifs is 1. The minimum absolute atomic E-state index is 0.00141. The van der Waals surface area contributed by atoms with Crippen molar-refractivity contribution in [1.82, 2.24) is 5.32 Å². The Labute approximate surface area is 112 Å². The molecule has 0 saturated heterocycles. The number of benzene rings is 1. The van der Waals surface area contributed by atoms with E-state index in [0.717, 1.165) is 5.56 Å². The van der Waals surface area contributed by atoms with Crippen molar-refractivity contribution in [3.05, 3.63) is 23.8 Å². The second-order valence-corrected chi connectivity index (χ2v) is 5.15. The van der Waals surface area contributed by atoms with Gasteiger partial charge >= 0.3 is 0 Å². The highest BCUT2D eigenvalue weighted by Crippen LogP contribution is 2.38. The molecule has 0 aromatic heterocycles. The Morgan fingerprint density at radius 2 is 2.11 bits per heavy atom. The summed E-state index contributed by atoms with van der Waals surface area (Å²) in [6.07, 6.45) is 0. The number of likely N-dealkylation sites (N-methyl/N-ethyl adjacent to an activating group) is 1. The lowest BCUT2D eigenvalue weighted by Gasteiger charge is -2.38. The number of hydrogen-bond acceptors (Lipinski definition) is 3. The molecule has 1 aliphatic rings. The van der Waals surface area contributed by atoms with E-state index in [1.165, 1.54) is 4.90 Å². The molecule has 0 aliphatic carbocycles. The van der Waals surface area contributed by atoms with E-state index in [0.29, 0.717) is 11.4 Å². The molecule has 1 aromatic carbocycles. The van der Waals surface area contributed by atoms with Gasteiger partial charge in [0.1, 0.15) is 12.3 Å². The van der Waals surface area contributed by atoms with Crippen LogP contribution >= 0.6 is 0 Å². The van der Waals surface area contributed by atoms with Crippen LogP contribution in [0.2, 0.25) is 0 Å². The Bertz CT molecular complexity index is 537. The van der Waals surface area contributed by atoms with Crippen LogP contribution in [0, 0.1) is 6.92 Å². The number of ether oxygens (including phenoxy) is 1. The molecule has 5 nitrogen and oxygen atoms in total. The summed E-state index contributed by atoms with van der Waals surface area (Å²) < 4.78 is 5.71. The fourth-order valence-corrected chi connectivity index (χ4v) is 2.06. The predicted octanol–water partition coefficient (Wildman–Crippen LogP) is 1.25. The van der Waals surface area contributed by atoms with Crippen LogP contribution in [0.5, 0.6) is 5.75 Å². The van der Waals surface area contributed by atoms with E-state index >= 15 is 0 Å². The van der Waals surface area contributed by atoms with E-state index < -0.39 is 5.60 Å². The molecule has 102 valence electrons. The number of carbonyl (C=O) groups excluding carboxylic acids is 2. The molecule has 0 fully saturated rings. The summed E-state index contributed by atoms with van der Waals surface area (Å²) in [7, 11) is 1.55. The van der Waals surface area contributed by atoms with E-state index in [1.54, 1.807) is 20.9 Å². The van der Waals surface area contributed by atoms with Crippen molar-refractivity contribution < 1.29 is 14.3 Å².